The fourth-order valence-corrected chi connectivity index (χ4v) is 1.46. The van der Waals surface area contributed by atoms with Gasteiger partial charge in [0.15, 0.2) is 0 Å². The topological polar surface area (TPSA) is 67.2 Å². The molecule has 0 saturated carbocycles. The van der Waals surface area contributed by atoms with Crippen LogP contribution in [0.1, 0.15) is 37.0 Å². The average Bonchev–Trinajstić information content (AvgIpc) is 2.76. The van der Waals surface area contributed by atoms with E-state index in [1.54, 1.807) is 17.1 Å². The predicted octanol–water partition coefficient (Wildman–Crippen LogP) is 0.794. The summed E-state index contributed by atoms with van der Waals surface area (Å²) in [6.07, 6.45) is 4.68. The van der Waals surface area contributed by atoms with Crippen molar-refractivity contribution in [3.05, 3.63) is 18.0 Å². The van der Waals surface area contributed by atoms with Crippen LogP contribution in [0.3, 0.4) is 0 Å². The minimum atomic E-state index is -0.125. The third-order valence-electron chi connectivity index (χ3n) is 2.53. The Kier molecular flexibility index (Phi) is 4.98. The maximum absolute atomic E-state index is 11.8. The molecule has 1 aromatic rings. The van der Waals surface area contributed by atoms with Gasteiger partial charge in [-0.3, -0.25) is 9.48 Å². The second-order valence-electron chi connectivity index (χ2n) is 3.68. The van der Waals surface area contributed by atoms with Gasteiger partial charge in [0.25, 0.3) is 5.91 Å². The Morgan fingerprint density at radius 3 is 2.88 bits per heavy atom. The number of rotatable bonds is 6. The van der Waals surface area contributed by atoms with E-state index in [1.807, 2.05) is 13.8 Å². The molecule has 1 amide bonds. The SMILES string of the molecule is CCC(CCO)NC(=O)c1cnn(CC)c1. The van der Waals surface area contributed by atoms with Crippen molar-refractivity contribution in [2.24, 2.45) is 0 Å². The van der Waals surface area contributed by atoms with Gasteiger partial charge in [-0.25, -0.2) is 0 Å². The summed E-state index contributed by atoms with van der Waals surface area (Å²) in [5.74, 6) is -0.125. The van der Waals surface area contributed by atoms with Gasteiger partial charge in [-0.05, 0) is 19.8 Å². The lowest BCUT2D eigenvalue weighted by molar-refractivity contribution is 0.0929. The van der Waals surface area contributed by atoms with E-state index < -0.39 is 0 Å². The van der Waals surface area contributed by atoms with Crippen molar-refractivity contribution in [2.75, 3.05) is 6.61 Å². The molecule has 90 valence electrons. The molecule has 0 aliphatic rings. The van der Waals surface area contributed by atoms with Crippen molar-refractivity contribution < 1.29 is 9.90 Å². The smallest absolute Gasteiger partial charge is 0.254 e. The number of nitrogens with zero attached hydrogens (tertiary/aromatic N) is 2. The van der Waals surface area contributed by atoms with Gasteiger partial charge in [-0.2, -0.15) is 5.10 Å². The lowest BCUT2D eigenvalue weighted by Gasteiger charge is -2.14. The normalized spacial score (nSPS) is 12.4. The highest BCUT2D eigenvalue weighted by atomic mass is 16.3. The molecule has 0 aliphatic heterocycles. The van der Waals surface area contributed by atoms with Crippen LogP contribution in [0, 0.1) is 0 Å². The van der Waals surface area contributed by atoms with Crippen LogP contribution in [-0.4, -0.2) is 33.4 Å². The van der Waals surface area contributed by atoms with Crippen LogP contribution in [0.4, 0.5) is 0 Å². The summed E-state index contributed by atoms with van der Waals surface area (Å²) in [7, 11) is 0. The Hall–Kier alpha value is -1.36. The highest BCUT2D eigenvalue weighted by Gasteiger charge is 2.12. The molecule has 0 aromatic carbocycles. The maximum atomic E-state index is 11.8. The molecular formula is C11H19N3O2. The van der Waals surface area contributed by atoms with E-state index in [2.05, 4.69) is 10.4 Å². The monoisotopic (exact) mass is 225 g/mol. The van der Waals surface area contributed by atoms with E-state index in [-0.39, 0.29) is 18.6 Å². The zero-order chi connectivity index (χ0) is 12.0. The van der Waals surface area contributed by atoms with E-state index >= 15 is 0 Å². The van der Waals surface area contributed by atoms with Crippen molar-refractivity contribution in [1.29, 1.82) is 0 Å². The molecule has 2 N–H and O–H groups in total. The summed E-state index contributed by atoms with van der Waals surface area (Å²) in [5, 5.41) is 15.7. The molecule has 5 nitrogen and oxygen atoms in total. The second kappa shape index (κ2) is 6.27. The highest BCUT2D eigenvalue weighted by molar-refractivity contribution is 5.93. The first kappa shape index (κ1) is 12.7. The molecule has 0 spiro atoms. The number of carbonyl (C=O) groups excluding carboxylic acids is 1. The van der Waals surface area contributed by atoms with Gasteiger partial charge < -0.3 is 10.4 Å². The molecule has 0 bridgehead atoms. The number of aliphatic hydroxyl groups is 1. The van der Waals surface area contributed by atoms with Gasteiger partial charge in [-0.15, -0.1) is 0 Å². The van der Waals surface area contributed by atoms with Crippen molar-refractivity contribution >= 4 is 5.91 Å². The van der Waals surface area contributed by atoms with Crippen LogP contribution >= 0.6 is 0 Å². The molecule has 0 fully saturated rings. The van der Waals surface area contributed by atoms with Crippen LogP contribution < -0.4 is 5.32 Å². The van der Waals surface area contributed by atoms with Crippen molar-refractivity contribution in [3.63, 3.8) is 0 Å². The predicted molar refractivity (Wildman–Crippen MR) is 61.1 cm³/mol. The summed E-state index contributed by atoms with van der Waals surface area (Å²) in [5.41, 5.74) is 0.568. The summed E-state index contributed by atoms with van der Waals surface area (Å²) < 4.78 is 1.71. The van der Waals surface area contributed by atoms with Crippen LogP contribution in [-0.2, 0) is 6.54 Å². The number of aryl methyl sites for hydroxylation is 1. The molecule has 0 aliphatic carbocycles. The summed E-state index contributed by atoms with van der Waals surface area (Å²) >= 11 is 0. The van der Waals surface area contributed by atoms with Gasteiger partial charge in [0.05, 0.1) is 11.8 Å². The standard InChI is InChI=1S/C11H19N3O2/c1-3-10(5-6-15)13-11(16)9-7-12-14(4-2)8-9/h7-8,10,15H,3-6H2,1-2H3,(H,13,16). The number of hydrogen-bond donors (Lipinski definition) is 2. The van der Waals surface area contributed by atoms with E-state index in [0.29, 0.717) is 12.0 Å². The first-order valence-corrected chi connectivity index (χ1v) is 5.65. The second-order valence-corrected chi connectivity index (χ2v) is 3.68. The van der Waals surface area contributed by atoms with Gasteiger partial charge in [-0.1, -0.05) is 6.92 Å². The Balaban J connectivity index is 2.56. The summed E-state index contributed by atoms with van der Waals surface area (Å²) in [6, 6.07) is 0.0301. The van der Waals surface area contributed by atoms with Crippen LogP contribution in [0.25, 0.3) is 0 Å². The molecular weight excluding hydrogens is 206 g/mol. The van der Waals surface area contributed by atoms with Crippen LogP contribution in [0.2, 0.25) is 0 Å². The molecule has 0 radical (unpaired) electrons. The minimum Gasteiger partial charge on any atom is -0.396 e. The molecule has 1 heterocycles. The molecule has 16 heavy (non-hydrogen) atoms. The molecule has 5 heteroatoms. The van der Waals surface area contributed by atoms with Gasteiger partial charge in [0.1, 0.15) is 0 Å². The minimum absolute atomic E-state index is 0.0301. The highest BCUT2D eigenvalue weighted by Crippen LogP contribution is 2.02. The van der Waals surface area contributed by atoms with E-state index in [4.69, 9.17) is 5.11 Å². The largest absolute Gasteiger partial charge is 0.396 e. The van der Waals surface area contributed by atoms with E-state index in [1.165, 1.54) is 0 Å². The molecule has 1 atom stereocenters. The molecule has 0 saturated heterocycles. The van der Waals surface area contributed by atoms with Crippen molar-refractivity contribution in [3.8, 4) is 0 Å². The summed E-state index contributed by atoms with van der Waals surface area (Å²) in [6.45, 7) is 4.79. The fraction of sp³-hybridized carbons (Fsp3) is 0.636. The first-order valence-electron chi connectivity index (χ1n) is 5.65. The zero-order valence-corrected chi connectivity index (χ0v) is 9.81. The number of amides is 1. The van der Waals surface area contributed by atoms with Gasteiger partial charge in [0.2, 0.25) is 0 Å². The average molecular weight is 225 g/mol. The number of nitrogens with one attached hydrogen (secondary N) is 1. The summed E-state index contributed by atoms with van der Waals surface area (Å²) in [4.78, 5) is 11.8. The lowest BCUT2D eigenvalue weighted by atomic mass is 10.1. The number of aromatic nitrogens is 2. The molecule has 1 unspecified atom stereocenters. The van der Waals surface area contributed by atoms with E-state index in [0.717, 1.165) is 13.0 Å². The third kappa shape index (κ3) is 3.34. The van der Waals surface area contributed by atoms with Crippen LogP contribution in [0.15, 0.2) is 12.4 Å². The Morgan fingerprint density at radius 2 is 2.38 bits per heavy atom. The molecule has 1 rings (SSSR count). The Morgan fingerprint density at radius 1 is 1.62 bits per heavy atom. The first-order chi connectivity index (χ1) is 7.71. The number of hydrogen-bond acceptors (Lipinski definition) is 3. The molecule has 1 aromatic heterocycles. The Bertz CT molecular complexity index is 336. The van der Waals surface area contributed by atoms with Crippen molar-refractivity contribution in [1.82, 2.24) is 15.1 Å². The zero-order valence-electron chi connectivity index (χ0n) is 9.81. The van der Waals surface area contributed by atoms with E-state index in [9.17, 15) is 4.79 Å². The van der Waals surface area contributed by atoms with Crippen LogP contribution in [0.5, 0.6) is 0 Å². The van der Waals surface area contributed by atoms with Crippen molar-refractivity contribution in [2.45, 2.75) is 39.3 Å². The lowest BCUT2D eigenvalue weighted by Crippen LogP contribution is -2.34. The number of carbonyl (C=O) groups is 1. The van der Waals surface area contributed by atoms with Gasteiger partial charge in [0, 0.05) is 25.4 Å². The fourth-order valence-electron chi connectivity index (χ4n) is 1.46. The maximum Gasteiger partial charge on any atom is 0.254 e. The van der Waals surface area contributed by atoms with Gasteiger partial charge >= 0.3 is 0 Å². The number of aliphatic hydroxyl groups excluding tert-OH is 1. The Labute approximate surface area is 95.5 Å². The third-order valence-corrected chi connectivity index (χ3v) is 2.53. The quantitative estimate of drug-likeness (QED) is 0.752.